The lowest BCUT2D eigenvalue weighted by Crippen LogP contribution is -2.52. The van der Waals surface area contributed by atoms with E-state index in [9.17, 15) is 4.79 Å². The maximum Gasteiger partial charge on any atom is 0.222 e. The molecule has 3 nitrogen and oxygen atoms in total. The van der Waals surface area contributed by atoms with Crippen molar-refractivity contribution in [1.29, 1.82) is 0 Å². The highest BCUT2D eigenvalue weighted by molar-refractivity contribution is 5.76. The molecule has 1 unspecified atom stereocenters. The van der Waals surface area contributed by atoms with Crippen LogP contribution in [0.2, 0.25) is 0 Å². The third-order valence-electron chi connectivity index (χ3n) is 4.76. The van der Waals surface area contributed by atoms with E-state index in [1.54, 1.807) is 0 Å². The molecule has 0 spiro atoms. The third kappa shape index (κ3) is 4.33. The number of amides is 1. The van der Waals surface area contributed by atoms with Crippen LogP contribution >= 0.6 is 0 Å². The molecule has 22 heavy (non-hydrogen) atoms. The summed E-state index contributed by atoms with van der Waals surface area (Å²) < 4.78 is 0. The summed E-state index contributed by atoms with van der Waals surface area (Å²) in [7, 11) is 2.13. The standard InChI is InChI=1S/C19H30N2O/c1-15-14-21(13-12-20(15)5)18(22)11-8-16-6-9-17(10-7-16)19(2,3)4/h6-7,9-10,15H,8,11-14H2,1-5H3. The molecule has 3 heteroatoms. The summed E-state index contributed by atoms with van der Waals surface area (Å²) in [4.78, 5) is 16.7. The van der Waals surface area contributed by atoms with Crippen molar-refractivity contribution in [3.8, 4) is 0 Å². The van der Waals surface area contributed by atoms with E-state index < -0.39 is 0 Å². The lowest BCUT2D eigenvalue weighted by atomic mass is 9.86. The fourth-order valence-electron chi connectivity index (χ4n) is 2.86. The van der Waals surface area contributed by atoms with Gasteiger partial charge in [0.25, 0.3) is 0 Å². The molecule has 0 radical (unpaired) electrons. The van der Waals surface area contributed by atoms with E-state index in [2.05, 4.69) is 63.9 Å². The van der Waals surface area contributed by atoms with Crippen molar-refractivity contribution in [1.82, 2.24) is 9.80 Å². The molecule has 1 atom stereocenters. The Morgan fingerprint density at radius 3 is 2.36 bits per heavy atom. The molecular weight excluding hydrogens is 272 g/mol. The molecule has 1 amide bonds. The van der Waals surface area contributed by atoms with Crippen molar-refractivity contribution in [2.75, 3.05) is 26.7 Å². The van der Waals surface area contributed by atoms with E-state index >= 15 is 0 Å². The van der Waals surface area contributed by atoms with Crippen LogP contribution in [0.4, 0.5) is 0 Å². The summed E-state index contributed by atoms with van der Waals surface area (Å²) in [6.07, 6.45) is 1.45. The topological polar surface area (TPSA) is 23.6 Å². The lowest BCUT2D eigenvalue weighted by Gasteiger charge is -2.37. The number of nitrogens with zero attached hydrogens (tertiary/aromatic N) is 2. The number of likely N-dealkylation sites (N-methyl/N-ethyl adjacent to an activating group) is 1. The first kappa shape index (κ1) is 17.0. The predicted molar refractivity (Wildman–Crippen MR) is 92.1 cm³/mol. The zero-order chi connectivity index (χ0) is 16.3. The lowest BCUT2D eigenvalue weighted by molar-refractivity contribution is -0.133. The summed E-state index contributed by atoms with van der Waals surface area (Å²) in [5, 5.41) is 0. The summed E-state index contributed by atoms with van der Waals surface area (Å²) in [6.45, 7) is 11.6. The van der Waals surface area contributed by atoms with Crippen LogP contribution in [0.5, 0.6) is 0 Å². The minimum absolute atomic E-state index is 0.185. The molecule has 1 aliphatic heterocycles. The van der Waals surface area contributed by atoms with E-state index in [1.807, 2.05) is 4.90 Å². The van der Waals surface area contributed by atoms with Gasteiger partial charge in [-0.3, -0.25) is 4.79 Å². The quantitative estimate of drug-likeness (QED) is 0.856. The van der Waals surface area contributed by atoms with E-state index in [4.69, 9.17) is 0 Å². The molecule has 0 saturated carbocycles. The van der Waals surface area contributed by atoms with Gasteiger partial charge in [-0.15, -0.1) is 0 Å². The molecule has 122 valence electrons. The number of aryl methyl sites for hydroxylation is 1. The fraction of sp³-hybridized carbons (Fsp3) is 0.632. The highest BCUT2D eigenvalue weighted by Gasteiger charge is 2.23. The maximum atomic E-state index is 12.4. The summed E-state index contributed by atoms with van der Waals surface area (Å²) in [6, 6.07) is 9.18. The first-order valence-electron chi connectivity index (χ1n) is 8.35. The maximum absolute atomic E-state index is 12.4. The van der Waals surface area contributed by atoms with E-state index in [0.717, 1.165) is 26.1 Å². The second-order valence-electron chi connectivity index (χ2n) is 7.62. The Morgan fingerprint density at radius 1 is 1.18 bits per heavy atom. The van der Waals surface area contributed by atoms with Crippen LogP contribution in [0.1, 0.15) is 45.2 Å². The van der Waals surface area contributed by atoms with Crippen molar-refractivity contribution in [3.05, 3.63) is 35.4 Å². The van der Waals surface area contributed by atoms with Crippen molar-refractivity contribution >= 4 is 5.91 Å². The summed E-state index contributed by atoms with van der Waals surface area (Å²) in [5.74, 6) is 0.292. The van der Waals surface area contributed by atoms with Gasteiger partial charge in [-0.1, -0.05) is 45.0 Å². The Bertz CT molecular complexity index is 501. The Balaban J connectivity index is 1.86. The van der Waals surface area contributed by atoms with Gasteiger partial charge in [-0.25, -0.2) is 0 Å². The smallest absolute Gasteiger partial charge is 0.222 e. The van der Waals surface area contributed by atoms with E-state index in [-0.39, 0.29) is 5.41 Å². The van der Waals surface area contributed by atoms with Gasteiger partial charge >= 0.3 is 0 Å². The van der Waals surface area contributed by atoms with Gasteiger partial charge in [0.1, 0.15) is 0 Å². The molecule has 0 N–H and O–H groups in total. The number of rotatable bonds is 3. The number of carbonyl (C=O) groups is 1. The molecule has 1 fully saturated rings. The van der Waals surface area contributed by atoms with Gasteiger partial charge in [0, 0.05) is 32.1 Å². The van der Waals surface area contributed by atoms with Crippen LogP contribution < -0.4 is 0 Å². The van der Waals surface area contributed by atoms with E-state index in [1.165, 1.54) is 11.1 Å². The van der Waals surface area contributed by atoms with Gasteiger partial charge in [-0.05, 0) is 36.9 Å². The van der Waals surface area contributed by atoms with Crippen LogP contribution in [0, 0.1) is 0 Å². The second-order valence-corrected chi connectivity index (χ2v) is 7.62. The average molecular weight is 302 g/mol. The van der Waals surface area contributed by atoms with Crippen LogP contribution in [0.3, 0.4) is 0 Å². The zero-order valence-corrected chi connectivity index (χ0v) is 14.7. The van der Waals surface area contributed by atoms with Gasteiger partial charge in [0.2, 0.25) is 5.91 Å². The highest BCUT2D eigenvalue weighted by atomic mass is 16.2. The Labute approximate surface area is 135 Å². The minimum Gasteiger partial charge on any atom is -0.340 e. The number of hydrogen-bond acceptors (Lipinski definition) is 2. The van der Waals surface area contributed by atoms with Gasteiger partial charge in [0.15, 0.2) is 0 Å². The van der Waals surface area contributed by atoms with Crippen LogP contribution in [0.15, 0.2) is 24.3 Å². The second kappa shape index (κ2) is 6.82. The van der Waals surface area contributed by atoms with E-state index in [0.29, 0.717) is 18.4 Å². The predicted octanol–water partition coefficient (Wildman–Crippen LogP) is 3.08. The highest BCUT2D eigenvalue weighted by Crippen LogP contribution is 2.22. The first-order valence-corrected chi connectivity index (χ1v) is 8.35. The normalized spacial score (nSPS) is 20.2. The summed E-state index contributed by atoms with van der Waals surface area (Å²) in [5.41, 5.74) is 2.78. The first-order chi connectivity index (χ1) is 10.3. The number of piperazine rings is 1. The minimum atomic E-state index is 0.185. The molecule has 0 aliphatic carbocycles. The third-order valence-corrected chi connectivity index (χ3v) is 4.76. The average Bonchev–Trinajstić information content (AvgIpc) is 2.47. The Hall–Kier alpha value is -1.35. The van der Waals surface area contributed by atoms with Crippen LogP contribution in [-0.4, -0.2) is 48.4 Å². The van der Waals surface area contributed by atoms with Crippen LogP contribution in [-0.2, 0) is 16.6 Å². The molecule has 1 aromatic carbocycles. The zero-order valence-electron chi connectivity index (χ0n) is 14.7. The van der Waals surface area contributed by atoms with Gasteiger partial charge in [0.05, 0.1) is 0 Å². The molecule has 0 bridgehead atoms. The van der Waals surface area contributed by atoms with Crippen molar-refractivity contribution in [2.24, 2.45) is 0 Å². The van der Waals surface area contributed by atoms with Crippen molar-refractivity contribution in [3.63, 3.8) is 0 Å². The van der Waals surface area contributed by atoms with Gasteiger partial charge in [-0.2, -0.15) is 0 Å². The molecular formula is C19H30N2O. The number of carbonyl (C=O) groups excluding carboxylic acids is 1. The fourth-order valence-corrected chi connectivity index (χ4v) is 2.86. The van der Waals surface area contributed by atoms with Gasteiger partial charge < -0.3 is 9.80 Å². The molecule has 1 aromatic rings. The van der Waals surface area contributed by atoms with Crippen LogP contribution in [0.25, 0.3) is 0 Å². The monoisotopic (exact) mass is 302 g/mol. The molecule has 1 saturated heterocycles. The van der Waals surface area contributed by atoms with Crippen molar-refractivity contribution in [2.45, 2.75) is 52.0 Å². The molecule has 2 rings (SSSR count). The largest absolute Gasteiger partial charge is 0.340 e. The Kier molecular flexibility index (Phi) is 5.28. The molecule has 1 heterocycles. The summed E-state index contributed by atoms with van der Waals surface area (Å²) >= 11 is 0. The SMILES string of the molecule is CC1CN(C(=O)CCc2ccc(C(C)(C)C)cc2)CCN1C. The molecule has 1 aliphatic rings. The van der Waals surface area contributed by atoms with Crippen molar-refractivity contribution < 1.29 is 4.79 Å². The number of benzene rings is 1. The Morgan fingerprint density at radius 2 is 1.82 bits per heavy atom. The number of hydrogen-bond donors (Lipinski definition) is 0. The molecule has 0 aromatic heterocycles.